The van der Waals surface area contributed by atoms with Crippen LogP contribution in [0, 0.1) is 17.2 Å². The SMILES string of the molecule is Cc1[nH]c2ccccc2[n+]1C.[O-][Cl+3]([O-])([O-])[O-]. The van der Waals surface area contributed by atoms with Gasteiger partial charge in [-0.1, -0.05) is 12.1 Å². The van der Waals surface area contributed by atoms with Crippen molar-refractivity contribution < 1.29 is 33.4 Å². The van der Waals surface area contributed by atoms with E-state index in [0.29, 0.717) is 0 Å². The third kappa shape index (κ3) is 3.76. The molecule has 0 fully saturated rings. The lowest BCUT2D eigenvalue weighted by molar-refractivity contribution is -2.00. The van der Waals surface area contributed by atoms with Gasteiger partial charge in [-0.25, -0.2) is 28.2 Å². The van der Waals surface area contributed by atoms with Gasteiger partial charge in [0.15, 0.2) is 11.0 Å². The number of aryl methyl sites for hydroxylation is 2. The van der Waals surface area contributed by atoms with Crippen molar-refractivity contribution in [3.8, 4) is 0 Å². The lowest BCUT2D eigenvalue weighted by Gasteiger charge is -2.17. The van der Waals surface area contributed by atoms with Crippen LogP contribution in [0.3, 0.4) is 0 Å². The number of hydrogen-bond donors (Lipinski definition) is 1. The van der Waals surface area contributed by atoms with E-state index < -0.39 is 10.2 Å². The second-order valence-corrected chi connectivity index (χ2v) is 3.92. The molecule has 2 aromatic rings. The van der Waals surface area contributed by atoms with Gasteiger partial charge in [-0.15, -0.1) is 10.2 Å². The zero-order chi connectivity index (χ0) is 12.3. The van der Waals surface area contributed by atoms with Crippen LogP contribution in [-0.2, 0) is 7.05 Å². The first-order valence-electron chi connectivity index (χ1n) is 4.34. The molecule has 0 bridgehead atoms. The molecule has 0 amide bonds. The van der Waals surface area contributed by atoms with Crippen LogP contribution in [0.15, 0.2) is 24.3 Å². The van der Waals surface area contributed by atoms with Crippen molar-refractivity contribution in [3.05, 3.63) is 30.1 Å². The highest BCUT2D eigenvalue weighted by molar-refractivity contribution is 5.70. The lowest BCUT2D eigenvalue weighted by Crippen LogP contribution is -2.68. The minimum absolute atomic E-state index is 1.19. The number of para-hydroxylation sites is 2. The number of nitrogens with one attached hydrogen (secondary N) is 1. The van der Waals surface area contributed by atoms with Crippen LogP contribution in [0.2, 0.25) is 0 Å². The first-order valence-corrected chi connectivity index (χ1v) is 5.57. The molecule has 1 aromatic carbocycles. The van der Waals surface area contributed by atoms with Crippen LogP contribution in [0.4, 0.5) is 0 Å². The summed E-state index contributed by atoms with van der Waals surface area (Å²) in [6.45, 7) is 2.07. The molecule has 0 atom stereocenters. The molecule has 0 unspecified atom stereocenters. The quantitative estimate of drug-likeness (QED) is 0.487. The topological polar surface area (TPSA) is 112 Å². The summed E-state index contributed by atoms with van der Waals surface area (Å²) in [5, 5.41) is 0. The molecule has 1 N–H and O–H groups in total. The Hall–Kier alpha value is -1.18. The molecule has 0 radical (unpaired) electrons. The number of halogens is 1. The first-order chi connectivity index (χ1) is 7.29. The van der Waals surface area contributed by atoms with E-state index in [-0.39, 0.29) is 0 Å². The number of imidazole rings is 1. The standard InChI is InChI=1S/C9H10N2.ClHO4/c1-7-10-8-5-3-4-6-9(8)11(7)2;2-1(3,4)5/h3-6H,1-2H3;(H,2,3,4,5). The predicted octanol–water partition coefficient (Wildman–Crippen LogP) is -3.46. The Kier molecular flexibility index (Phi) is 3.84. The van der Waals surface area contributed by atoms with E-state index in [2.05, 4.69) is 41.7 Å². The Morgan fingerprint density at radius 1 is 1.12 bits per heavy atom. The monoisotopic (exact) mass is 246 g/mol. The Labute approximate surface area is 94.1 Å². The number of fused-ring (bicyclic) bond motifs is 1. The van der Waals surface area contributed by atoms with E-state index in [0.717, 1.165) is 0 Å². The third-order valence-corrected chi connectivity index (χ3v) is 2.08. The third-order valence-electron chi connectivity index (χ3n) is 2.08. The molecule has 0 aliphatic rings. The van der Waals surface area contributed by atoms with Crippen LogP contribution in [0.1, 0.15) is 5.82 Å². The summed E-state index contributed by atoms with van der Waals surface area (Å²) in [6.07, 6.45) is 0. The molecular formula is C9H11ClN2O4. The lowest BCUT2D eigenvalue weighted by atomic mass is 10.3. The van der Waals surface area contributed by atoms with Gasteiger partial charge in [0.25, 0.3) is 5.82 Å². The average molecular weight is 247 g/mol. The van der Waals surface area contributed by atoms with Gasteiger partial charge in [-0.3, -0.25) is 0 Å². The summed E-state index contributed by atoms with van der Waals surface area (Å²) >= 11 is 0. The van der Waals surface area contributed by atoms with Crippen LogP contribution in [-0.4, -0.2) is 4.98 Å². The van der Waals surface area contributed by atoms with Crippen LogP contribution < -0.4 is 23.2 Å². The van der Waals surface area contributed by atoms with Crippen molar-refractivity contribution >= 4 is 11.0 Å². The fourth-order valence-electron chi connectivity index (χ4n) is 1.33. The molecular weight excluding hydrogens is 236 g/mol. The van der Waals surface area contributed by atoms with Crippen LogP contribution in [0.5, 0.6) is 0 Å². The van der Waals surface area contributed by atoms with Gasteiger partial charge in [0.2, 0.25) is 0 Å². The Morgan fingerprint density at radius 3 is 2.12 bits per heavy atom. The summed E-state index contributed by atoms with van der Waals surface area (Å²) in [5.41, 5.74) is 2.46. The number of aromatic nitrogens is 2. The van der Waals surface area contributed by atoms with Crippen molar-refractivity contribution in [2.75, 3.05) is 0 Å². The fraction of sp³-hybridized carbons (Fsp3) is 0.222. The van der Waals surface area contributed by atoms with E-state index in [9.17, 15) is 0 Å². The summed E-state index contributed by atoms with van der Waals surface area (Å²) in [4.78, 5) is 3.29. The number of H-pyrrole nitrogens is 1. The van der Waals surface area contributed by atoms with Crippen molar-refractivity contribution in [2.45, 2.75) is 6.92 Å². The number of benzene rings is 1. The largest absolute Gasteiger partial charge is 0.251 e. The molecule has 0 aliphatic heterocycles. The number of nitrogens with zero attached hydrogens (tertiary/aromatic N) is 1. The van der Waals surface area contributed by atoms with Crippen LogP contribution in [0.25, 0.3) is 11.0 Å². The van der Waals surface area contributed by atoms with Crippen molar-refractivity contribution in [1.29, 1.82) is 0 Å². The van der Waals surface area contributed by atoms with Gasteiger partial charge >= 0.3 is 0 Å². The molecule has 1 heterocycles. The molecule has 16 heavy (non-hydrogen) atoms. The molecule has 0 aliphatic carbocycles. The molecule has 0 saturated carbocycles. The zero-order valence-electron chi connectivity index (χ0n) is 8.77. The molecule has 0 spiro atoms. The van der Waals surface area contributed by atoms with Crippen molar-refractivity contribution in [1.82, 2.24) is 4.98 Å². The minimum atomic E-state index is -4.94. The van der Waals surface area contributed by atoms with Crippen molar-refractivity contribution in [3.63, 3.8) is 0 Å². The minimum Gasteiger partial charge on any atom is -0.241 e. The number of aromatic amines is 1. The van der Waals surface area contributed by atoms with E-state index in [1.54, 1.807) is 0 Å². The van der Waals surface area contributed by atoms with Gasteiger partial charge < -0.3 is 0 Å². The Balaban J connectivity index is 0.000000221. The first kappa shape index (κ1) is 12.9. The second kappa shape index (κ2) is 4.77. The highest BCUT2D eigenvalue weighted by atomic mass is 35.7. The van der Waals surface area contributed by atoms with Gasteiger partial charge in [0.05, 0.1) is 7.05 Å². The van der Waals surface area contributed by atoms with Crippen molar-refractivity contribution in [2.24, 2.45) is 7.05 Å². The smallest absolute Gasteiger partial charge is 0.241 e. The van der Waals surface area contributed by atoms with E-state index in [1.807, 2.05) is 6.07 Å². The Bertz CT molecular complexity index is 472. The highest BCUT2D eigenvalue weighted by Crippen LogP contribution is 2.06. The van der Waals surface area contributed by atoms with E-state index in [4.69, 9.17) is 18.6 Å². The summed E-state index contributed by atoms with van der Waals surface area (Å²) in [7, 11) is -2.88. The summed E-state index contributed by atoms with van der Waals surface area (Å²) in [6, 6.07) is 8.29. The molecule has 7 heteroatoms. The molecule has 88 valence electrons. The van der Waals surface area contributed by atoms with E-state index >= 15 is 0 Å². The molecule has 2 rings (SSSR count). The average Bonchev–Trinajstić information content (AvgIpc) is 2.41. The molecule has 6 nitrogen and oxygen atoms in total. The fourth-order valence-corrected chi connectivity index (χ4v) is 1.33. The summed E-state index contributed by atoms with van der Waals surface area (Å²) in [5.74, 6) is 1.19. The molecule has 0 saturated heterocycles. The maximum Gasteiger partial charge on any atom is 0.251 e. The zero-order valence-corrected chi connectivity index (χ0v) is 9.52. The Morgan fingerprint density at radius 2 is 1.62 bits per heavy atom. The van der Waals surface area contributed by atoms with Gasteiger partial charge in [0.1, 0.15) is 0 Å². The van der Waals surface area contributed by atoms with E-state index in [1.165, 1.54) is 16.9 Å². The molecule has 1 aromatic heterocycles. The van der Waals surface area contributed by atoms with Gasteiger partial charge in [-0.2, -0.15) is 0 Å². The maximum absolute atomic E-state index is 8.49. The number of rotatable bonds is 0. The summed E-state index contributed by atoms with van der Waals surface area (Å²) < 4.78 is 36.1. The normalized spacial score (nSPS) is 11.1. The second-order valence-electron chi connectivity index (χ2n) is 3.16. The maximum atomic E-state index is 8.49. The van der Waals surface area contributed by atoms with Crippen LogP contribution >= 0.6 is 0 Å². The number of hydrogen-bond acceptors (Lipinski definition) is 4. The van der Waals surface area contributed by atoms with Gasteiger partial charge in [0, 0.05) is 6.92 Å². The van der Waals surface area contributed by atoms with Gasteiger partial charge in [-0.05, 0) is 12.1 Å². The predicted molar refractivity (Wildman–Crippen MR) is 44.2 cm³/mol. The highest BCUT2D eigenvalue weighted by Gasteiger charge is 2.08.